The molecule has 0 bridgehead atoms. The number of nitrogens with one attached hydrogen (secondary N) is 1. The van der Waals surface area contributed by atoms with E-state index in [2.05, 4.69) is 22.2 Å². The van der Waals surface area contributed by atoms with E-state index in [9.17, 15) is 9.90 Å². The molecule has 2 aromatic heterocycles. The summed E-state index contributed by atoms with van der Waals surface area (Å²) in [7, 11) is 0. The van der Waals surface area contributed by atoms with E-state index >= 15 is 0 Å². The lowest BCUT2D eigenvalue weighted by molar-refractivity contribution is -0.137. The Hall–Kier alpha value is -2.96. The zero-order valence-electron chi connectivity index (χ0n) is 17.2. The van der Waals surface area contributed by atoms with Crippen LogP contribution in [0.25, 0.3) is 21.3 Å². The van der Waals surface area contributed by atoms with Crippen LogP contribution in [0.5, 0.6) is 0 Å². The van der Waals surface area contributed by atoms with Gasteiger partial charge in [0.25, 0.3) is 0 Å². The van der Waals surface area contributed by atoms with Crippen LogP contribution in [-0.2, 0) is 17.6 Å². The molecule has 5 nitrogen and oxygen atoms in total. The van der Waals surface area contributed by atoms with Crippen molar-refractivity contribution in [1.29, 1.82) is 0 Å². The average molecular weight is 452 g/mol. The summed E-state index contributed by atoms with van der Waals surface area (Å²) in [6, 6.07) is 14.6. The first-order valence-electron chi connectivity index (χ1n) is 10.0. The quantitative estimate of drug-likeness (QED) is 0.361. The van der Waals surface area contributed by atoms with Crippen molar-refractivity contribution >= 4 is 44.9 Å². The van der Waals surface area contributed by atoms with Crippen LogP contribution in [0.1, 0.15) is 22.9 Å². The van der Waals surface area contributed by atoms with Crippen LogP contribution >= 0.6 is 22.9 Å². The second kappa shape index (κ2) is 9.04. The van der Waals surface area contributed by atoms with Crippen LogP contribution in [0.15, 0.2) is 54.9 Å². The van der Waals surface area contributed by atoms with Gasteiger partial charge < -0.3 is 10.4 Å². The molecule has 7 heteroatoms. The summed E-state index contributed by atoms with van der Waals surface area (Å²) in [5.41, 5.74) is 3.96. The lowest BCUT2D eigenvalue weighted by atomic mass is 9.97. The summed E-state index contributed by atoms with van der Waals surface area (Å²) >= 11 is 8.02. The predicted octanol–water partition coefficient (Wildman–Crippen LogP) is 5.99. The van der Waals surface area contributed by atoms with Gasteiger partial charge in [0, 0.05) is 21.9 Å². The minimum absolute atomic E-state index is 0.345. The van der Waals surface area contributed by atoms with Gasteiger partial charge in [-0.3, -0.25) is 0 Å². The van der Waals surface area contributed by atoms with E-state index in [0.717, 1.165) is 38.9 Å². The molecule has 158 valence electrons. The number of aliphatic carboxylic acids is 1. The van der Waals surface area contributed by atoms with Crippen LogP contribution in [-0.4, -0.2) is 27.1 Å². The molecule has 0 amide bonds. The normalized spacial score (nSPS) is 12.1. The standard InChI is InChI=1S/C24H22ClN3O2S/c1-3-19-20(16-10-7-11-17(25)14(16)2)21-22(26-13-27-23(21)31-19)28-18(24(29)30)12-15-8-5-4-6-9-15/h4-11,13,18H,3,12H2,1-2H3,(H,29,30)(H,26,27,28)/t18-/m1/s1. The van der Waals surface area contributed by atoms with Gasteiger partial charge in [-0.25, -0.2) is 14.8 Å². The Morgan fingerprint density at radius 1 is 1.16 bits per heavy atom. The Balaban J connectivity index is 1.84. The lowest BCUT2D eigenvalue weighted by Gasteiger charge is -2.17. The molecule has 0 aliphatic rings. The smallest absolute Gasteiger partial charge is 0.326 e. The number of carboxylic acid groups (broad SMARTS) is 1. The Morgan fingerprint density at radius 3 is 2.65 bits per heavy atom. The number of rotatable bonds is 7. The molecule has 0 aliphatic carbocycles. The highest BCUT2D eigenvalue weighted by atomic mass is 35.5. The molecule has 0 radical (unpaired) electrons. The van der Waals surface area contributed by atoms with E-state index in [1.807, 2.05) is 55.5 Å². The summed E-state index contributed by atoms with van der Waals surface area (Å²) in [6.45, 7) is 4.09. The van der Waals surface area contributed by atoms with Crippen molar-refractivity contribution in [3.8, 4) is 11.1 Å². The van der Waals surface area contributed by atoms with Crippen LogP contribution < -0.4 is 5.32 Å². The van der Waals surface area contributed by atoms with Gasteiger partial charge in [-0.15, -0.1) is 11.3 Å². The second-order valence-electron chi connectivity index (χ2n) is 7.29. The largest absolute Gasteiger partial charge is 0.480 e. The highest BCUT2D eigenvalue weighted by Gasteiger charge is 2.24. The maximum Gasteiger partial charge on any atom is 0.326 e. The molecular weight excluding hydrogens is 430 g/mol. The Kier molecular flexibility index (Phi) is 6.20. The number of aryl methyl sites for hydroxylation is 1. The van der Waals surface area contributed by atoms with Crippen LogP contribution in [0.3, 0.4) is 0 Å². The molecule has 2 heterocycles. The molecule has 2 aromatic carbocycles. The molecule has 4 rings (SSSR count). The molecule has 1 atom stereocenters. The van der Waals surface area contributed by atoms with Crippen molar-refractivity contribution in [2.75, 3.05) is 5.32 Å². The van der Waals surface area contributed by atoms with Crippen LogP contribution in [0, 0.1) is 6.92 Å². The number of hydrogen-bond donors (Lipinski definition) is 2. The highest BCUT2D eigenvalue weighted by molar-refractivity contribution is 7.19. The number of aromatic nitrogens is 2. The minimum atomic E-state index is -0.929. The van der Waals surface area contributed by atoms with E-state index in [4.69, 9.17) is 11.6 Å². The number of thiophene rings is 1. The fourth-order valence-electron chi connectivity index (χ4n) is 3.72. The lowest BCUT2D eigenvalue weighted by Crippen LogP contribution is -2.32. The third-order valence-electron chi connectivity index (χ3n) is 5.31. The molecule has 31 heavy (non-hydrogen) atoms. The third kappa shape index (κ3) is 4.27. The number of halogens is 1. The van der Waals surface area contributed by atoms with E-state index in [1.165, 1.54) is 11.2 Å². The number of fused-ring (bicyclic) bond motifs is 1. The Labute approximate surface area is 189 Å². The van der Waals surface area contributed by atoms with Crippen LogP contribution in [0.2, 0.25) is 5.02 Å². The van der Waals surface area contributed by atoms with Crippen molar-refractivity contribution < 1.29 is 9.90 Å². The first-order chi connectivity index (χ1) is 15.0. The van der Waals surface area contributed by atoms with Gasteiger partial charge >= 0.3 is 5.97 Å². The molecular formula is C24H22ClN3O2S. The van der Waals surface area contributed by atoms with Gasteiger partial charge in [0.2, 0.25) is 0 Å². The molecule has 0 unspecified atom stereocenters. The molecule has 0 saturated carbocycles. The van der Waals surface area contributed by atoms with E-state index in [-0.39, 0.29) is 0 Å². The first-order valence-corrected chi connectivity index (χ1v) is 11.2. The maximum atomic E-state index is 12.0. The van der Waals surface area contributed by atoms with E-state index in [0.29, 0.717) is 17.3 Å². The number of benzene rings is 2. The Morgan fingerprint density at radius 2 is 1.94 bits per heavy atom. The number of nitrogens with zero attached hydrogens (tertiary/aromatic N) is 2. The SMILES string of the molecule is CCc1sc2ncnc(N[C@H](Cc3ccccc3)C(=O)O)c2c1-c1cccc(Cl)c1C. The summed E-state index contributed by atoms with van der Waals surface area (Å²) in [6.07, 6.45) is 2.66. The summed E-state index contributed by atoms with van der Waals surface area (Å²) in [4.78, 5) is 22.9. The van der Waals surface area contributed by atoms with Gasteiger partial charge in [-0.1, -0.05) is 61.0 Å². The topological polar surface area (TPSA) is 75.1 Å². The van der Waals surface area contributed by atoms with E-state index in [1.54, 1.807) is 11.3 Å². The number of carbonyl (C=O) groups is 1. The van der Waals surface area contributed by atoms with Gasteiger partial charge in [-0.05, 0) is 36.1 Å². The predicted molar refractivity (Wildman–Crippen MR) is 127 cm³/mol. The summed E-state index contributed by atoms with van der Waals surface area (Å²) in [5.74, 6) is -0.402. The van der Waals surface area contributed by atoms with Crippen molar-refractivity contribution in [3.63, 3.8) is 0 Å². The molecule has 0 aliphatic heterocycles. The molecule has 4 aromatic rings. The fourth-order valence-corrected chi connectivity index (χ4v) is 4.98. The Bertz CT molecular complexity index is 1240. The summed E-state index contributed by atoms with van der Waals surface area (Å²) in [5, 5.41) is 14.6. The van der Waals surface area contributed by atoms with Crippen molar-refractivity contribution in [2.24, 2.45) is 0 Å². The number of anilines is 1. The van der Waals surface area contributed by atoms with Gasteiger partial charge in [-0.2, -0.15) is 0 Å². The van der Waals surface area contributed by atoms with Crippen LogP contribution in [0.4, 0.5) is 5.82 Å². The number of carboxylic acids is 1. The van der Waals surface area contributed by atoms with E-state index < -0.39 is 12.0 Å². The van der Waals surface area contributed by atoms with Crippen molar-refractivity contribution in [3.05, 3.63) is 75.9 Å². The number of hydrogen-bond acceptors (Lipinski definition) is 5. The highest BCUT2D eigenvalue weighted by Crippen LogP contribution is 2.43. The van der Waals surface area contributed by atoms with Gasteiger partial charge in [0.15, 0.2) is 0 Å². The molecule has 0 spiro atoms. The molecule has 0 saturated heterocycles. The molecule has 2 N–H and O–H groups in total. The third-order valence-corrected chi connectivity index (χ3v) is 6.96. The average Bonchev–Trinajstić information content (AvgIpc) is 3.15. The molecule has 0 fully saturated rings. The summed E-state index contributed by atoms with van der Waals surface area (Å²) < 4.78 is 0. The van der Waals surface area contributed by atoms with Gasteiger partial charge in [0.05, 0.1) is 5.39 Å². The van der Waals surface area contributed by atoms with Crippen molar-refractivity contribution in [2.45, 2.75) is 32.7 Å². The monoisotopic (exact) mass is 451 g/mol. The first kappa shape index (κ1) is 21.3. The fraction of sp³-hybridized carbons (Fsp3) is 0.208. The minimum Gasteiger partial charge on any atom is -0.480 e. The van der Waals surface area contributed by atoms with Crippen molar-refractivity contribution in [1.82, 2.24) is 9.97 Å². The van der Waals surface area contributed by atoms with Gasteiger partial charge in [0.1, 0.15) is 23.0 Å². The second-order valence-corrected chi connectivity index (χ2v) is 8.78. The zero-order valence-corrected chi connectivity index (χ0v) is 18.8. The maximum absolute atomic E-state index is 12.0. The zero-order chi connectivity index (χ0) is 22.0.